The molecule has 0 radical (unpaired) electrons. The number of carbonyl (C=O) groups excluding carboxylic acids is 1. The molecule has 0 aliphatic carbocycles. The monoisotopic (exact) mass is 306 g/mol. The molecular formula is C10H11BrO4S. The van der Waals surface area contributed by atoms with Crippen molar-refractivity contribution < 1.29 is 18.8 Å². The number of carbonyl (C=O) groups is 1. The van der Waals surface area contributed by atoms with Crippen LogP contribution in [-0.2, 0) is 10.5 Å². The minimum atomic E-state index is -0.484. The van der Waals surface area contributed by atoms with Crippen LogP contribution in [0.1, 0.15) is 15.9 Å². The van der Waals surface area contributed by atoms with Gasteiger partial charge in [-0.05, 0) is 39.6 Å². The molecule has 1 aromatic carbocycles. The predicted octanol–water partition coefficient (Wildman–Crippen LogP) is 2.95. The van der Waals surface area contributed by atoms with Crippen molar-refractivity contribution in [3.63, 3.8) is 0 Å². The zero-order chi connectivity index (χ0) is 12.1. The molecule has 0 spiro atoms. The van der Waals surface area contributed by atoms with E-state index in [1.807, 2.05) is 0 Å². The van der Waals surface area contributed by atoms with Gasteiger partial charge in [-0.15, -0.1) is 0 Å². The van der Waals surface area contributed by atoms with Gasteiger partial charge in [0.05, 0.1) is 18.7 Å². The van der Waals surface area contributed by atoms with E-state index in [9.17, 15) is 4.79 Å². The van der Waals surface area contributed by atoms with E-state index in [0.29, 0.717) is 39.1 Å². The minimum absolute atomic E-state index is 0.300. The van der Waals surface area contributed by atoms with Crippen LogP contribution < -0.4 is 4.74 Å². The third kappa shape index (κ3) is 2.69. The molecule has 0 bridgehead atoms. The number of ether oxygens (including phenoxy) is 2. The van der Waals surface area contributed by atoms with Crippen molar-refractivity contribution in [1.82, 2.24) is 0 Å². The SMILES string of the molecule is COC(=O)c1c(CSO)ccc(Br)c1OC. The highest BCUT2D eigenvalue weighted by Crippen LogP contribution is 2.33. The van der Waals surface area contributed by atoms with Gasteiger partial charge in [-0.25, -0.2) is 4.79 Å². The van der Waals surface area contributed by atoms with Crippen LogP contribution in [0.5, 0.6) is 5.75 Å². The molecule has 0 atom stereocenters. The standard InChI is InChI=1S/C10H11BrO4S/c1-14-9-7(11)4-3-6(5-16-13)8(9)10(12)15-2/h3-4,13H,5H2,1-2H3. The van der Waals surface area contributed by atoms with Crippen molar-refractivity contribution in [2.75, 3.05) is 14.2 Å². The molecule has 0 saturated heterocycles. The molecule has 6 heteroatoms. The lowest BCUT2D eigenvalue weighted by molar-refractivity contribution is 0.0596. The fourth-order valence-electron chi connectivity index (χ4n) is 1.31. The summed E-state index contributed by atoms with van der Waals surface area (Å²) in [5.74, 6) is 0.231. The molecular weight excluding hydrogens is 296 g/mol. The Morgan fingerprint density at radius 2 is 2.19 bits per heavy atom. The van der Waals surface area contributed by atoms with Gasteiger partial charge in [0.25, 0.3) is 0 Å². The van der Waals surface area contributed by atoms with Crippen molar-refractivity contribution in [2.24, 2.45) is 0 Å². The second kappa shape index (κ2) is 6.12. The van der Waals surface area contributed by atoms with E-state index in [1.165, 1.54) is 14.2 Å². The van der Waals surface area contributed by atoms with Gasteiger partial charge in [0.1, 0.15) is 11.3 Å². The van der Waals surface area contributed by atoms with E-state index in [1.54, 1.807) is 12.1 Å². The number of rotatable bonds is 4. The van der Waals surface area contributed by atoms with E-state index in [-0.39, 0.29) is 0 Å². The Labute approximate surface area is 106 Å². The Morgan fingerprint density at radius 1 is 1.50 bits per heavy atom. The lowest BCUT2D eigenvalue weighted by atomic mass is 10.1. The molecule has 0 aromatic heterocycles. The van der Waals surface area contributed by atoms with Crippen LogP contribution in [0.15, 0.2) is 16.6 Å². The van der Waals surface area contributed by atoms with Crippen molar-refractivity contribution in [3.05, 3.63) is 27.7 Å². The van der Waals surface area contributed by atoms with E-state index in [2.05, 4.69) is 15.9 Å². The van der Waals surface area contributed by atoms with E-state index in [0.717, 1.165) is 0 Å². The van der Waals surface area contributed by atoms with Gasteiger partial charge in [-0.2, -0.15) is 0 Å². The average Bonchev–Trinajstić information content (AvgIpc) is 2.30. The fourth-order valence-corrected chi connectivity index (χ4v) is 2.19. The van der Waals surface area contributed by atoms with Gasteiger partial charge in [0, 0.05) is 5.75 Å². The first kappa shape index (κ1) is 13.3. The lowest BCUT2D eigenvalue weighted by Gasteiger charge is -2.12. The second-order valence-corrected chi connectivity index (χ2v) is 4.28. The summed E-state index contributed by atoms with van der Waals surface area (Å²) in [5, 5.41) is 0. The summed E-state index contributed by atoms with van der Waals surface area (Å²) < 4.78 is 19.3. The first-order valence-electron chi connectivity index (χ1n) is 4.35. The molecule has 1 rings (SSSR count). The molecule has 16 heavy (non-hydrogen) atoms. The molecule has 1 aromatic rings. The first-order chi connectivity index (χ1) is 7.65. The molecule has 0 saturated carbocycles. The first-order valence-corrected chi connectivity index (χ1v) is 6.09. The fraction of sp³-hybridized carbons (Fsp3) is 0.300. The predicted molar refractivity (Wildman–Crippen MR) is 66.0 cm³/mol. The number of esters is 1. The molecule has 4 nitrogen and oxygen atoms in total. The van der Waals surface area contributed by atoms with Crippen LogP contribution in [0.25, 0.3) is 0 Å². The minimum Gasteiger partial charge on any atom is -0.495 e. The van der Waals surface area contributed by atoms with Gasteiger partial charge in [0.2, 0.25) is 0 Å². The number of methoxy groups -OCH3 is 2. The van der Waals surface area contributed by atoms with Gasteiger partial charge in [-0.1, -0.05) is 6.07 Å². The van der Waals surface area contributed by atoms with Gasteiger partial charge in [0.15, 0.2) is 0 Å². The maximum Gasteiger partial charge on any atom is 0.342 e. The summed E-state index contributed by atoms with van der Waals surface area (Å²) in [6.07, 6.45) is 0. The van der Waals surface area contributed by atoms with Crippen LogP contribution in [0.4, 0.5) is 0 Å². The number of hydrogen-bond acceptors (Lipinski definition) is 5. The van der Waals surface area contributed by atoms with E-state index < -0.39 is 5.97 Å². The molecule has 0 unspecified atom stereocenters. The molecule has 0 heterocycles. The molecule has 0 aliphatic heterocycles. The number of benzene rings is 1. The molecule has 0 amide bonds. The molecule has 0 aliphatic rings. The van der Waals surface area contributed by atoms with Crippen molar-refractivity contribution in [1.29, 1.82) is 0 Å². The Kier molecular flexibility index (Phi) is 5.11. The van der Waals surface area contributed by atoms with Crippen LogP contribution >= 0.6 is 28.0 Å². The Bertz CT molecular complexity index is 395. The average molecular weight is 307 g/mol. The normalized spacial score (nSPS) is 10.0. The van der Waals surface area contributed by atoms with Gasteiger partial charge < -0.3 is 14.0 Å². The summed E-state index contributed by atoms with van der Waals surface area (Å²) in [4.78, 5) is 11.6. The van der Waals surface area contributed by atoms with Crippen LogP contribution in [0.2, 0.25) is 0 Å². The molecule has 0 fully saturated rings. The highest BCUT2D eigenvalue weighted by atomic mass is 79.9. The van der Waals surface area contributed by atoms with Crippen LogP contribution in [0.3, 0.4) is 0 Å². The van der Waals surface area contributed by atoms with Crippen molar-refractivity contribution >= 4 is 33.9 Å². The maximum atomic E-state index is 11.6. The Morgan fingerprint density at radius 3 is 2.69 bits per heavy atom. The smallest absolute Gasteiger partial charge is 0.342 e. The summed E-state index contributed by atoms with van der Waals surface area (Å²) >= 11 is 3.93. The third-order valence-electron chi connectivity index (χ3n) is 2.01. The highest BCUT2D eigenvalue weighted by molar-refractivity contribution is 9.10. The van der Waals surface area contributed by atoms with Crippen molar-refractivity contribution in [2.45, 2.75) is 5.75 Å². The zero-order valence-corrected chi connectivity index (χ0v) is 11.2. The largest absolute Gasteiger partial charge is 0.495 e. The van der Waals surface area contributed by atoms with Crippen molar-refractivity contribution in [3.8, 4) is 5.75 Å². The highest BCUT2D eigenvalue weighted by Gasteiger charge is 2.20. The lowest BCUT2D eigenvalue weighted by Crippen LogP contribution is -2.08. The number of halogens is 1. The zero-order valence-electron chi connectivity index (χ0n) is 8.82. The summed E-state index contributed by atoms with van der Waals surface area (Å²) in [6, 6.07) is 3.50. The summed E-state index contributed by atoms with van der Waals surface area (Å²) in [6.45, 7) is 0. The Hall–Kier alpha value is -0.720. The quantitative estimate of drug-likeness (QED) is 0.684. The topological polar surface area (TPSA) is 55.8 Å². The summed E-state index contributed by atoms with van der Waals surface area (Å²) in [7, 11) is 2.78. The van der Waals surface area contributed by atoms with Gasteiger partial charge >= 0.3 is 5.97 Å². The van der Waals surface area contributed by atoms with E-state index >= 15 is 0 Å². The van der Waals surface area contributed by atoms with Crippen LogP contribution in [-0.4, -0.2) is 24.7 Å². The maximum absolute atomic E-state index is 11.6. The molecule has 1 N–H and O–H groups in total. The van der Waals surface area contributed by atoms with E-state index in [4.69, 9.17) is 14.0 Å². The van der Waals surface area contributed by atoms with Crippen LogP contribution in [0, 0.1) is 0 Å². The second-order valence-electron chi connectivity index (χ2n) is 2.88. The third-order valence-corrected chi connectivity index (χ3v) is 3.07. The summed E-state index contributed by atoms with van der Waals surface area (Å²) in [5.41, 5.74) is 1.00. The molecule has 88 valence electrons. The number of hydrogen-bond donors (Lipinski definition) is 1. The van der Waals surface area contributed by atoms with Gasteiger partial charge in [-0.3, -0.25) is 0 Å². The Balaban J connectivity index is 3.34.